The molecule has 1 fully saturated rings. The highest BCUT2D eigenvalue weighted by Crippen LogP contribution is 2.27. The first-order chi connectivity index (χ1) is 13.6. The quantitative estimate of drug-likeness (QED) is 0.534. The molecule has 1 amide bonds. The number of benzene rings is 1. The minimum absolute atomic E-state index is 0.122. The van der Waals surface area contributed by atoms with Gasteiger partial charge in [0.2, 0.25) is 11.8 Å². The first kappa shape index (κ1) is 19.7. The molecule has 2 heterocycles. The molecule has 3 N–H and O–H groups in total. The molecule has 1 aromatic heterocycles. The predicted octanol–water partition coefficient (Wildman–Crippen LogP) is 1.85. The molecule has 0 unspecified atom stereocenters. The van der Waals surface area contributed by atoms with Crippen molar-refractivity contribution in [3.8, 4) is 11.6 Å². The van der Waals surface area contributed by atoms with Crippen LogP contribution < -0.4 is 25.5 Å². The summed E-state index contributed by atoms with van der Waals surface area (Å²) in [6.07, 6.45) is 3.59. The maximum absolute atomic E-state index is 12.0. The van der Waals surface area contributed by atoms with Gasteiger partial charge in [0, 0.05) is 18.1 Å². The highest BCUT2D eigenvalue weighted by Gasteiger charge is 2.21. The molecule has 1 aliphatic rings. The van der Waals surface area contributed by atoms with Crippen molar-refractivity contribution in [1.82, 2.24) is 15.4 Å². The monoisotopic (exact) mass is 404 g/mol. The summed E-state index contributed by atoms with van der Waals surface area (Å²) in [5.41, 5.74) is 8.75. The van der Waals surface area contributed by atoms with Crippen LogP contribution in [0.1, 0.15) is 18.4 Å². The van der Waals surface area contributed by atoms with Crippen LogP contribution in [-0.2, 0) is 4.79 Å². The molecule has 1 saturated heterocycles. The van der Waals surface area contributed by atoms with Crippen molar-refractivity contribution >= 4 is 35.5 Å². The number of aromatic nitrogens is 2. The number of nitrogens with two attached hydrogens (primary N) is 1. The summed E-state index contributed by atoms with van der Waals surface area (Å²) in [6.45, 7) is 1.54. The fourth-order valence-electron chi connectivity index (χ4n) is 2.77. The SMILES string of the molecule is COc1nc(N)nc(N2CCCC2)c1/C=N/NC(=O)COc1ccc(Cl)cc1. The van der Waals surface area contributed by atoms with Crippen molar-refractivity contribution < 1.29 is 14.3 Å². The third-order valence-electron chi connectivity index (χ3n) is 4.07. The molecule has 28 heavy (non-hydrogen) atoms. The smallest absolute Gasteiger partial charge is 0.277 e. The number of halogens is 1. The number of hydrogen-bond donors (Lipinski definition) is 2. The zero-order valence-corrected chi connectivity index (χ0v) is 16.1. The zero-order valence-electron chi connectivity index (χ0n) is 15.4. The van der Waals surface area contributed by atoms with E-state index in [0.717, 1.165) is 25.9 Å². The Hall–Kier alpha value is -3.07. The summed E-state index contributed by atoms with van der Waals surface area (Å²) < 4.78 is 10.7. The number of nitrogens with one attached hydrogen (secondary N) is 1. The average molecular weight is 405 g/mol. The van der Waals surface area contributed by atoms with Crippen molar-refractivity contribution in [3.63, 3.8) is 0 Å². The molecular formula is C18H21ClN6O3. The summed E-state index contributed by atoms with van der Waals surface area (Å²) >= 11 is 5.81. The van der Waals surface area contributed by atoms with Gasteiger partial charge in [0.1, 0.15) is 11.6 Å². The second kappa shape index (κ2) is 9.23. The number of hydrogen-bond acceptors (Lipinski definition) is 8. The Labute approximate surface area is 167 Å². The van der Waals surface area contributed by atoms with Crippen LogP contribution in [0.25, 0.3) is 0 Å². The summed E-state index contributed by atoms with van der Waals surface area (Å²) in [5, 5.41) is 4.58. The molecule has 148 valence electrons. The van der Waals surface area contributed by atoms with Crippen LogP contribution in [0.15, 0.2) is 29.4 Å². The van der Waals surface area contributed by atoms with Crippen LogP contribution in [-0.4, -0.2) is 48.9 Å². The van der Waals surface area contributed by atoms with Gasteiger partial charge in [-0.25, -0.2) is 5.43 Å². The molecular weight excluding hydrogens is 384 g/mol. The number of carbonyl (C=O) groups excluding carboxylic acids is 1. The van der Waals surface area contributed by atoms with Gasteiger partial charge in [-0.05, 0) is 37.1 Å². The van der Waals surface area contributed by atoms with E-state index in [-0.39, 0.29) is 12.6 Å². The minimum Gasteiger partial charge on any atom is -0.484 e. The molecule has 3 rings (SSSR count). The molecule has 0 bridgehead atoms. The molecule has 0 saturated carbocycles. The van der Waals surface area contributed by atoms with Crippen molar-refractivity contribution in [2.45, 2.75) is 12.8 Å². The Morgan fingerprint density at radius 1 is 1.32 bits per heavy atom. The van der Waals surface area contributed by atoms with Crippen LogP contribution in [0.5, 0.6) is 11.6 Å². The van der Waals surface area contributed by atoms with Gasteiger partial charge in [-0.3, -0.25) is 4.79 Å². The lowest BCUT2D eigenvalue weighted by Crippen LogP contribution is -2.25. The molecule has 1 aliphatic heterocycles. The Morgan fingerprint density at radius 2 is 2.04 bits per heavy atom. The van der Waals surface area contributed by atoms with Gasteiger partial charge in [0.05, 0.1) is 18.9 Å². The standard InChI is InChI=1S/C18H21ClN6O3/c1-27-17-14(16(22-18(20)23-17)25-8-2-3-9-25)10-21-24-15(26)11-28-13-6-4-12(19)5-7-13/h4-7,10H,2-3,8-9,11H2,1H3,(H,24,26)(H2,20,22,23)/b21-10+. The lowest BCUT2D eigenvalue weighted by molar-refractivity contribution is -0.123. The van der Waals surface area contributed by atoms with E-state index < -0.39 is 5.91 Å². The highest BCUT2D eigenvalue weighted by atomic mass is 35.5. The topological polar surface area (TPSA) is 115 Å². The second-order valence-corrected chi connectivity index (χ2v) is 6.49. The van der Waals surface area contributed by atoms with E-state index in [1.165, 1.54) is 13.3 Å². The summed E-state index contributed by atoms with van der Waals surface area (Å²) in [4.78, 5) is 22.4. The molecule has 0 aliphatic carbocycles. The van der Waals surface area contributed by atoms with E-state index in [0.29, 0.717) is 28.0 Å². The number of amides is 1. The number of carbonyl (C=O) groups is 1. The summed E-state index contributed by atoms with van der Waals surface area (Å²) in [5.74, 6) is 1.18. The van der Waals surface area contributed by atoms with Crippen molar-refractivity contribution in [2.75, 3.05) is 37.4 Å². The van der Waals surface area contributed by atoms with Crippen LogP contribution in [0.2, 0.25) is 5.02 Å². The number of hydrazone groups is 1. The maximum atomic E-state index is 12.0. The fraction of sp³-hybridized carbons (Fsp3) is 0.333. The highest BCUT2D eigenvalue weighted by molar-refractivity contribution is 6.30. The Morgan fingerprint density at radius 3 is 2.71 bits per heavy atom. The van der Waals surface area contributed by atoms with Gasteiger partial charge in [-0.1, -0.05) is 11.6 Å². The first-order valence-corrected chi connectivity index (χ1v) is 9.11. The van der Waals surface area contributed by atoms with Crippen LogP contribution in [0, 0.1) is 0 Å². The van der Waals surface area contributed by atoms with Crippen LogP contribution in [0.4, 0.5) is 11.8 Å². The Balaban J connectivity index is 1.65. The van der Waals surface area contributed by atoms with E-state index in [4.69, 9.17) is 26.8 Å². The Bertz CT molecular complexity index is 853. The van der Waals surface area contributed by atoms with Crippen molar-refractivity contribution in [2.24, 2.45) is 5.10 Å². The van der Waals surface area contributed by atoms with E-state index in [9.17, 15) is 4.79 Å². The van der Waals surface area contributed by atoms with E-state index in [1.54, 1.807) is 24.3 Å². The maximum Gasteiger partial charge on any atom is 0.277 e. The van der Waals surface area contributed by atoms with Crippen LogP contribution >= 0.6 is 11.6 Å². The van der Waals surface area contributed by atoms with E-state index >= 15 is 0 Å². The van der Waals surface area contributed by atoms with E-state index in [2.05, 4.69) is 25.4 Å². The van der Waals surface area contributed by atoms with Gasteiger partial charge >= 0.3 is 0 Å². The number of anilines is 2. The lowest BCUT2D eigenvalue weighted by Gasteiger charge is -2.19. The van der Waals surface area contributed by atoms with Gasteiger partial charge in [-0.2, -0.15) is 15.1 Å². The average Bonchev–Trinajstić information content (AvgIpc) is 3.23. The number of methoxy groups -OCH3 is 1. The second-order valence-electron chi connectivity index (χ2n) is 6.06. The van der Waals surface area contributed by atoms with Crippen molar-refractivity contribution in [1.29, 1.82) is 0 Å². The molecule has 0 spiro atoms. The molecule has 9 nitrogen and oxygen atoms in total. The molecule has 10 heteroatoms. The van der Waals surface area contributed by atoms with Crippen molar-refractivity contribution in [3.05, 3.63) is 34.9 Å². The van der Waals surface area contributed by atoms with Crippen LogP contribution in [0.3, 0.4) is 0 Å². The lowest BCUT2D eigenvalue weighted by atomic mass is 10.3. The van der Waals surface area contributed by atoms with Gasteiger partial charge in [0.25, 0.3) is 5.91 Å². The molecule has 2 aromatic rings. The normalized spacial score (nSPS) is 13.7. The van der Waals surface area contributed by atoms with Gasteiger partial charge in [-0.15, -0.1) is 0 Å². The van der Waals surface area contributed by atoms with Gasteiger partial charge < -0.3 is 20.1 Å². The third kappa shape index (κ3) is 5.01. The third-order valence-corrected chi connectivity index (χ3v) is 4.33. The summed E-state index contributed by atoms with van der Waals surface area (Å²) in [7, 11) is 1.49. The zero-order chi connectivity index (χ0) is 19.9. The minimum atomic E-state index is -0.413. The number of ether oxygens (including phenoxy) is 2. The molecule has 0 radical (unpaired) electrons. The molecule has 0 atom stereocenters. The number of nitrogens with zero attached hydrogens (tertiary/aromatic N) is 4. The van der Waals surface area contributed by atoms with E-state index in [1.807, 2.05) is 0 Å². The Kier molecular flexibility index (Phi) is 6.49. The molecule has 1 aromatic carbocycles. The number of nitrogen functional groups attached to an aromatic ring is 1. The largest absolute Gasteiger partial charge is 0.484 e. The summed E-state index contributed by atoms with van der Waals surface area (Å²) in [6, 6.07) is 6.72. The number of rotatable bonds is 7. The first-order valence-electron chi connectivity index (χ1n) is 8.73. The fourth-order valence-corrected chi connectivity index (χ4v) is 2.90. The van der Waals surface area contributed by atoms with Gasteiger partial charge in [0.15, 0.2) is 6.61 Å². The predicted molar refractivity (Wildman–Crippen MR) is 107 cm³/mol.